The van der Waals surface area contributed by atoms with Crippen molar-refractivity contribution in [1.29, 1.82) is 0 Å². The first-order valence-electron chi connectivity index (χ1n) is 7.73. The van der Waals surface area contributed by atoms with Gasteiger partial charge in [-0.05, 0) is 30.5 Å². The molecule has 0 radical (unpaired) electrons. The molecule has 2 amide bonds. The molecule has 5 nitrogen and oxygen atoms in total. The van der Waals surface area contributed by atoms with Crippen molar-refractivity contribution in [3.05, 3.63) is 48.1 Å². The molecule has 5 heteroatoms. The summed E-state index contributed by atoms with van der Waals surface area (Å²) in [6, 6.07) is 7.56. The zero-order chi connectivity index (χ0) is 16.5. The summed E-state index contributed by atoms with van der Waals surface area (Å²) in [6.07, 6.45) is 8.93. The molecule has 1 unspecified atom stereocenters. The number of benzene rings is 1. The van der Waals surface area contributed by atoms with Crippen LogP contribution in [0, 0.1) is 0 Å². The molecule has 0 spiro atoms. The maximum absolute atomic E-state index is 11.8. The van der Waals surface area contributed by atoms with E-state index in [1.807, 2.05) is 30.3 Å². The van der Waals surface area contributed by atoms with Gasteiger partial charge in [0.1, 0.15) is 5.75 Å². The van der Waals surface area contributed by atoms with Crippen molar-refractivity contribution < 1.29 is 14.3 Å². The van der Waals surface area contributed by atoms with Crippen LogP contribution in [0.4, 0.5) is 0 Å². The molecule has 1 fully saturated rings. The van der Waals surface area contributed by atoms with E-state index in [1.54, 1.807) is 19.3 Å². The van der Waals surface area contributed by atoms with Crippen molar-refractivity contribution in [2.75, 3.05) is 13.7 Å². The summed E-state index contributed by atoms with van der Waals surface area (Å²) in [5, 5.41) is 5.66. The highest BCUT2D eigenvalue weighted by Crippen LogP contribution is 2.12. The second-order valence-electron chi connectivity index (χ2n) is 5.39. The molecule has 23 heavy (non-hydrogen) atoms. The van der Waals surface area contributed by atoms with Gasteiger partial charge in [0.05, 0.1) is 7.11 Å². The van der Waals surface area contributed by atoms with E-state index >= 15 is 0 Å². The van der Waals surface area contributed by atoms with E-state index in [9.17, 15) is 9.59 Å². The molecule has 1 aliphatic heterocycles. The van der Waals surface area contributed by atoms with Gasteiger partial charge in [0.25, 0.3) is 0 Å². The second kappa shape index (κ2) is 8.78. The lowest BCUT2D eigenvalue weighted by atomic mass is 10.1. The number of ether oxygens (including phenoxy) is 1. The Balaban J connectivity index is 1.80. The van der Waals surface area contributed by atoms with Crippen LogP contribution in [0.2, 0.25) is 0 Å². The number of methoxy groups -OCH3 is 1. The molecular weight excluding hydrogens is 292 g/mol. The van der Waals surface area contributed by atoms with Crippen molar-refractivity contribution in [2.24, 2.45) is 0 Å². The molecule has 0 saturated carbocycles. The van der Waals surface area contributed by atoms with Gasteiger partial charge >= 0.3 is 0 Å². The van der Waals surface area contributed by atoms with Crippen molar-refractivity contribution in [3.63, 3.8) is 0 Å². The minimum Gasteiger partial charge on any atom is -0.497 e. The van der Waals surface area contributed by atoms with Gasteiger partial charge in [-0.25, -0.2) is 0 Å². The van der Waals surface area contributed by atoms with Crippen LogP contribution < -0.4 is 15.4 Å². The second-order valence-corrected chi connectivity index (χ2v) is 5.39. The SMILES string of the molecule is COc1ccc(C=CC=CC(=O)NC2CCCNC(=O)C2)cc1. The highest BCUT2D eigenvalue weighted by molar-refractivity contribution is 5.88. The van der Waals surface area contributed by atoms with Gasteiger partial charge in [-0.1, -0.05) is 30.4 Å². The third-order valence-corrected chi connectivity index (χ3v) is 3.59. The Morgan fingerprint density at radius 1 is 1.30 bits per heavy atom. The third kappa shape index (κ3) is 5.98. The fourth-order valence-corrected chi connectivity index (χ4v) is 2.37. The Hall–Kier alpha value is -2.56. The van der Waals surface area contributed by atoms with Crippen LogP contribution in [-0.2, 0) is 9.59 Å². The maximum atomic E-state index is 11.8. The number of nitrogens with one attached hydrogen (secondary N) is 2. The van der Waals surface area contributed by atoms with Crippen LogP contribution in [0.5, 0.6) is 5.75 Å². The summed E-state index contributed by atoms with van der Waals surface area (Å²) in [6.45, 7) is 0.686. The molecule has 1 atom stereocenters. The summed E-state index contributed by atoms with van der Waals surface area (Å²) < 4.78 is 5.10. The first-order valence-corrected chi connectivity index (χ1v) is 7.73. The van der Waals surface area contributed by atoms with Crippen LogP contribution in [-0.4, -0.2) is 31.5 Å². The van der Waals surface area contributed by atoms with Crippen LogP contribution in [0.25, 0.3) is 6.08 Å². The molecule has 0 aromatic heterocycles. The van der Waals surface area contributed by atoms with Gasteiger partial charge in [-0.3, -0.25) is 9.59 Å². The summed E-state index contributed by atoms with van der Waals surface area (Å²) in [5.74, 6) is 0.629. The van der Waals surface area contributed by atoms with Crippen molar-refractivity contribution >= 4 is 17.9 Å². The normalized spacial score (nSPS) is 18.7. The number of rotatable bonds is 5. The van der Waals surface area contributed by atoms with Crippen molar-refractivity contribution in [3.8, 4) is 5.75 Å². The summed E-state index contributed by atoms with van der Waals surface area (Å²) >= 11 is 0. The number of allylic oxidation sites excluding steroid dienone is 2. The fourth-order valence-electron chi connectivity index (χ4n) is 2.37. The molecule has 1 heterocycles. The summed E-state index contributed by atoms with van der Waals surface area (Å²) in [5.41, 5.74) is 1.02. The Kier molecular flexibility index (Phi) is 6.41. The zero-order valence-corrected chi connectivity index (χ0v) is 13.2. The standard InChI is InChI=1S/C18H22N2O3/c1-23-16-10-8-14(9-11-16)5-2-3-7-17(21)20-15-6-4-12-19-18(22)13-15/h2-3,5,7-11,15H,4,6,12-13H2,1H3,(H,19,22)(H,20,21). The average molecular weight is 314 g/mol. The van der Waals surface area contributed by atoms with Gasteiger partial charge in [0.15, 0.2) is 0 Å². The van der Waals surface area contributed by atoms with Crippen molar-refractivity contribution in [1.82, 2.24) is 10.6 Å². The minimum atomic E-state index is -0.177. The summed E-state index contributed by atoms with van der Waals surface area (Å²) in [4.78, 5) is 23.3. The number of amides is 2. The first-order chi connectivity index (χ1) is 11.2. The molecular formula is C18H22N2O3. The molecule has 2 N–H and O–H groups in total. The Bertz CT molecular complexity index is 591. The Morgan fingerprint density at radius 3 is 2.83 bits per heavy atom. The van der Waals surface area contributed by atoms with Gasteiger partial charge in [0.2, 0.25) is 11.8 Å². The van der Waals surface area contributed by atoms with Crippen LogP contribution in [0.15, 0.2) is 42.5 Å². The molecule has 1 aromatic rings. The van der Waals surface area contributed by atoms with E-state index in [-0.39, 0.29) is 17.9 Å². The molecule has 1 aliphatic rings. The topological polar surface area (TPSA) is 67.4 Å². The van der Waals surface area contributed by atoms with E-state index in [2.05, 4.69) is 10.6 Å². The smallest absolute Gasteiger partial charge is 0.244 e. The van der Waals surface area contributed by atoms with Gasteiger partial charge < -0.3 is 15.4 Å². The van der Waals surface area contributed by atoms with E-state index < -0.39 is 0 Å². The molecule has 0 aliphatic carbocycles. The number of hydrogen-bond acceptors (Lipinski definition) is 3. The predicted molar refractivity (Wildman–Crippen MR) is 90.0 cm³/mol. The van der Waals surface area contributed by atoms with E-state index in [0.29, 0.717) is 13.0 Å². The van der Waals surface area contributed by atoms with Gasteiger partial charge in [-0.2, -0.15) is 0 Å². The number of hydrogen-bond donors (Lipinski definition) is 2. The number of carbonyl (C=O) groups excluding carboxylic acids is 2. The van der Waals surface area contributed by atoms with Crippen molar-refractivity contribution in [2.45, 2.75) is 25.3 Å². The van der Waals surface area contributed by atoms with E-state index in [0.717, 1.165) is 24.2 Å². The molecule has 2 rings (SSSR count). The zero-order valence-electron chi connectivity index (χ0n) is 13.2. The molecule has 1 saturated heterocycles. The highest BCUT2D eigenvalue weighted by Gasteiger charge is 2.17. The lowest BCUT2D eigenvalue weighted by molar-refractivity contribution is -0.121. The van der Waals surface area contributed by atoms with Crippen LogP contribution in [0.3, 0.4) is 0 Å². The van der Waals surface area contributed by atoms with Crippen LogP contribution in [0.1, 0.15) is 24.8 Å². The lowest BCUT2D eigenvalue weighted by Gasteiger charge is -2.13. The quantitative estimate of drug-likeness (QED) is 0.646. The fraction of sp³-hybridized carbons (Fsp3) is 0.333. The highest BCUT2D eigenvalue weighted by atomic mass is 16.5. The van der Waals surface area contributed by atoms with Crippen LogP contribution >= 0.6 is 0 Å². The maximum Gasteiger partial charge on any atom is 0.244 e. The number of carbonyl (C=O) groups is 2. The first kappa shape index (κ1) is 16.8. The molecule has 0 bridgehead atoms. The molecule has 1 aromatic carbocycles. The van der Waals surface area contributed by atoms with Gasteiger partial charge in [0, 0.05) is 25.1 Å². The molecule has 122 valence electrons. The minimum absolute atomic E-state index is 0.00354. The van der Waals surface area contributed by atoms with E-state index in [4.69, 9.17) is 4.74 Å². The monoisotopic (exact) mass is 314 g/mol. The Morgan fingerprint density at radius 2 is 2.09 bits per heavy atom. The Labute approximate surface area is 136 Å². The predicted octanol–water partition coefficient (Wildman–Crippen LogP) is 2.05. The third-order valence-electron chi connectivity index (χ3n) is 3.59. The average Bonchev–Trinajstić information content (AvgIpc) is 2.76. The lowest BCUT2D eigenvalue weighted by Crippen LogP contribution is -2.35. The summed E-state index contributed by atoms with van der Waals surface area (Å²) in [7, 11) is 1.63. The van der Waals surface area contributed by atoms with Gasteiger partial charge in [-0.15, -0.1) is 0 Å². The van der Waals surface area contributed by atoms with E-state index in [1.165, 1.54) is 6.08 Å². The largest absolute Gasteiger partial charge is 0.497 e.